The van der Waals surface area contributed by atoms with Gasteiger partial charge in [0.25, 0.3) is 5.91 Å². The van der Waals surface area contributed by atoms with Crippen molar-refractivity contribution in [3.05, 3.63) is 71.9 Å². The molecule has 0 aliphatic rings. The first kappa shape index (κ1) is 16.0. The fraction of sp³-hybridized carbons (Fsp3) is 0.158. The van der Waals surface area contributed by atoms with Crippen molar-refractivity contribution in [2.45, 2.75) is 19.3 Å². The Kier molecular flexibility index (Phi) is 4.42. The number of rotatable bonds is 6. The van der Waals surface area contributed by atoms with Gasteiger partial charge in [-0.2, -0.15) is 4.98 Å². The second-order valence-electron chi connectivity index (χ2n) is 6.01. The molecule has 7 heteroatoms. The van der Waals surface area contributed by atoms with E-state index in [9.17, 15) is 4.79 Å². The number of aromatic nitrogens is 5. The molecule has 0 radical (unpaired) electrons. The maximum absolute atomic E-state index is 12.1. The summed E-state index contributed by atoms with van der Waals surface area (Å²) in [6.07, 6.45) is 7.85. The predicted molar refractivity (Wildman–Crippen MR) is 98.9 cm³/mol. The second-order valence-corrected chi connectivity index (χ2v) is 6.01. The SMILES string of the molecule is O=C(Nc1n[nH]c(CCCc2c[nH]c3ccccc23)n1)c1ccncc1. The lowest BCUT2D eigenvalue weighted by atomic mass is 10.1. The molecule has 7 nitrogen and oxygen atoms in total. The van der Waals surface area contributed by atoms with Gasteiger partial charge in [0.05, 0.1) is 0 Å². The zero-order chi connectivity index (χ0) is 17.8. The average molecular weight is 346 g/mol. The van der Waals surface area contributed by atoms with E-state index in [-0.39, 0.29) is 11.9 Å². The number of fused-ring (bicyclic) bond motifs is 1. The molecule has 3 heterocycles. The molecule has 0 saturated carbocycles. The highest BCUT2D eigenvalue weighted by Gasteiger charge is 2.10. The van der Waals surface area contributed by atoms with Gasteiger partial charge in [-0.3, -0.25) is 20.2 Å². The third-order valence-corrected chi connectivity index (χ3v) is 4.23. The predicted octanol–water partition coefficient (Wildman–Crippen LogP) is 3.11. The molecular formula is C19H18N6O. The molecule has 0 fully saturated rings. The summed E-state index contributed by atoms with van der Waals surface area (Å²) in [4.78, 5) is 23.6. The number of benzene rings is 1. The molecule has 26 heavy (non-hydrogen) atoms. The van der Waals surface area contributed by atoms with Gasteiger partial charge in [-0.25, -0.2) is 0 Å². The van der Waals surface area contributed by atoms with Crippen LogP contribution in [0, 0.1) is 0 Å². The van der Waals surface area contributed by atoms with Crippen molar-refractivity contribution in [3.63, 3.8) is 0 Å². The Hall–Kier alpha value is -3.48. The first-order valence-corrected chi connectivity index (χ1v) is 8.47. The molecule has 0 saturated heterocycles. The van der Waals surface area contributed by atoms with Gasteiger partial charge in [0.2, 0.25) is 5.95 Å². The number of H-pyrrole nitrogens is 2. The highest BCUT2D eigenvalue weighted by atomic mass is 16.1. The van der Waals surface area contributed by atoms with E-state index < -0.39 is 0 Å². The smallest absolute Gasteiger partial charge is 0.258 e. The number of anilines is 1. The molecule has 1 aromatic carbocycles. The highest BCUT2D eigenvalue weighted by molar-refractivity contribution is 6.03. The Bertz CT molecular complexity index is 1020. The minimum Gasteiger partial charge on any atom is -0.361 e. The number of nitrogens with one attached hydrogen (secondary N) is 3. The molecule has 0 bridgehead atoms. The molecule has 0 unspecified atom stereocenters. The Labute approximate surface area is 149 Å². The number of pyridine rings is 1. The largest absolute Gasteiger partial charge is 0.361 e. The average Bonchev–Trinajstić information content (AvgIpc) is 3.30. The third kappa shape index (κ3) is 3.46. The molecule has 3 aromatic heterocycles. The summed E-state index contributed by atoms with van der Waals surface area (Å²) in [6.45, 7) is 0. The minimum atomic E-state index is -0.253. The minimum absolute atomic E-state index is 0.253. The van der Waals surface area contributed by atoms with Crippen LogP contribution in [0.4, 0.5) is 5.95 Å². The standard InChI is InChI=1S/C19H18N6O/c26-18(13-8-10-20-11-9-13)23-19-22-17(24-25-19)7-3-4-14-12-21-16-6-2-1-5-15(14)16/h1-2,5-6,8-12,21H,3-4,7H2,(H2,22,23,24,25,26). The van der Waals surface area contributed by atoms with Crippen LogP contribution in [0.25, 0.3) is 10.9 Å². The van der Waals surface area contributed by atoms with Crippen molar-refractivity contribution in [1.82, 2.24) is 25.1 Å². The van der Waals surface area contributed by atoms with Crippen LogP contribution in [0.2, 0.25) is 0 Å². The van der Waals surface area contributed by atoms with Crippen molar-refractivity contribution in [3.8, 4) is 0 Å². The maximum Gasteiger partial charge on any atom is 0.258 e. The van der Waals surface area contributed by atoms with Gasteiger partial charge in [-0.05, 0) is 36.6 Å². The molecule has 0 atom stereocenters. The van der Waals surface area contributed by atoms with Crippen LogP contribution in [-0.2, 0) is 12.8 Å². The lowest BCUT2D eigenvalue weighted by Crippen LogP contribution is -2.12. The number of aromatic amines is 2. The van der Waals surface area contributed by atoms with Gasteiger partial charge < -0.3 is 4.98 Å². The second kappa shape index (κ2) is 7.18. The Balaban J connectivity index is 1.33. The zero-order valence-electron chi connectivity index (χ0n) is 14.1. The number of hydrogen-bond acceptors (Lipinski definition) is 4. The van der Waals surface area contributed by atoms with E-state index in [0.29, 0.717) is 5.56 Å². The molecule has 4 aromatic rings. The van der Waals surface area contributed by atoms with Crippen molar-refractivity contribution < 1.29 is 4.79 Å². The van der Waals surface area contributed by atoms with Crippen molar-refractivity contribution in [2.75, 3.05) is 5.32 Å². The molecule has 0 spiro atoms. The van der Waals surface area contributed by atoms with E-state index in [2.05, 4.69) is 48.8 Å². The van der Waals surface area contributed by atoms with E-state index in [4.69, 9.17) is 0 Å². The van der Waals surface area contributed by atoms with Crippen LogP contribution < -0.4 is 5.32 Å². The zero-order valence-corrected chi connectivity index (χ0v) is 14.1. The summed E-state index contributed by atoms with van der Waals surface area (Å²) in [5.41, 5.74) is 2.97. The van der Waals surface area contributed by atoms with Crippen LogP contribution in [0.1, 0.15) is 28.2 Å². The number of carbonyl (C=O) groups is 1. The maximum atomic E-state index is 12.1. The Morgan fingerprint density at radius 3 is 2.81 bits per heavy atom. The number of aryl methyl sites for hydroxylation is 2. The van der Waals surface area contributed by atoms with Gasteiger partial charge in [0.15, 0.2) is 0 Å². The third-order valence-electron chi connectivity index (χ3n) is 4.23. The van der Waals surface area contributed by atoms with Gasteiger partial charge in [0.1, 0.15) is 5.82 Å². The topological polar surface area (TPSA) is 99.3 Å². The number of hydrogen-bond donors (Lipinski definition) is 3. The Morgan fingerprint density at radius 1 is 1.08 bits per heavy atom. The summed E-state index contributed by atoms with van der Waals surface area (Å²) in [6, 6.07) is 11.6. The number of para-hydroxylation sites is 1. The van der Waals surface area contributed by atoms with Crippen LogP contribution in [0.3, 0.4) is 0 Å². The summed E-state index contributed by atoms with van der Waals surface area (Å²) in [5, 5.41) is 10.9. The van der Waals surface area contributed by atoms with Crippen LogP contribution in [0.5, 0.6) is 0 Å². The molecule has 1 amide bonds. The monoisotopic (exact) mass is 346 g/mol. The molecule has 4 rings (SSSR count). The van der Waals surface area contributed by atoms with E-state index in [1.165, 1.54) is 10.9 Å². The Morgan fingerprint density at radius 2 is 1.92 bits per heavy atom. The number of carbonyl (C=O) groups excluding carboxylic acids is 1. The quantitative estimate of drug-likeness (QED) is 0.499. The normalized spacial score (nSPS) is 10.9. The van der Waals surface area contributed by atoms with Crippen LogP contribution in [0.15, 0.2) is 55.0 Å². The first-order chi connectivity index (χ1) is 12.8. The molecule has 0 aliphatic heterocycles. The van der Waals surface area contributed by atoms with E-state index in [1.54, 1.807) is 24.5 Å². The van der Waals surface area contributed by atoms with Gasteiger partial charge >= 0.3 is 0 Å². The summed E-state index contributed by atoms with van der Waals surface area (Å²) in [7, 11) is 0. The first-order valence-electron chi connectivity index (χ1n) is 8.47. The van der Waals surface area contributed by atoms with Crippen molar-refractivity contribution >= 4 is 22.8 Å². The highest BCUT2D eigenvalue weighted by Crippen LogP contribution is 2.19. The summed E-state index contributed by atoms with van der Waals surface area (Å²) < 4.78 is 0. The van der Waals surface area contributed by atoms with E-state index in [1.807, 2.05) is 12.1 Å². The van der Waals surface area contributed by atoms with Gasteiger partial charge in [0, 0.05) is 41.5 Å². The molecular weight excluding hydrogens is 328 g/mol. The van der Waals surface area contributed by atoms with Gasteiger partial charge in [-0.1, -0.05) is 18.2 Å². The molecule has 3 N–H and O–H groups in total. The number of amides is 1. The van der Waals surface area contributed by atoms with Gasteiger partial charge in [-0.15, -0.1) is 5.10 Å². The molecule has 0 aliphatic carbocycles. The number of nitrogens with zero attached hydrogens (tertiary/aromatic N) is 3. The van der Waals surface area contributed by atoms with Crippen LogP contribution >= 0.6 is 0 Å². The van der Waals surface area contributed by atoms with E-state index in [0.717, 1.165) is 30.6 Å². The lowest BCUT2D eigenvalue weighted by molar-refractivity contribution is 0.102. The lowest BCUT2D eigenvalue weighted by Gasteiger charge is -1.99. The van der Waals surface area contributed by atoms with E-state index >= 15 is 0 Å². The van der Waals surface area contributed by atoms with Crippen LogP contribution in [-0.4, -0.2) is 31.1 Å². The van der Waals surface area contributed by atoms with Crippen molar-refractivity contribution in [2.24, 2.45) is 0 Å². The molecule has 130 valence electrons. The van der Waals surface area contributed by atoms with Crippen molar-refractivity contribution in [1.29, 1.82) is 0 Å². The summed E-state index contributed by atoms with van der Waals surface area (Å²) >= 11 is 0. The fourth-order valence-electron chi connectivity index (χ4n) is 2.92. The summed E-state index contributed by atoms with van der Waals surface area (Å²) in [5.74, 6) is 0.792. The fourth-order valence-corrected chi connectivity index (χ4v) is 2.92.